The number of benzene rings is 1. The number of aromatic nitrogens is 2. The number of imidazole rings is 1. The molecule has 4 rings (SSSR count). The predicted molar refractivity (Wildman–Crippen MR) is 96.3 cm³/mol. The van der Waals surface area contributed by atoms with E-state index in [-0.39, 0.29) is 23.4 Å². The largest absolute Gasteiger partial charge is 0.340 e. The maximum absolute atomic E-state index is 12.6. The van der Waals surface area contributed by atoms with Gasteiger partial charge in [-0.05, 0) is 18.4 Å². The number of nitrogens with zero attached hydrogens (tertiary/aromatic N) is 3. The van der Waals surface area contributed by atoms with E-state index in [1.54, 1.807) is 6.33 Å². The molecule has 0 unspecified atom stereocenters. The fourth-order valence-electron chi connectivity index (χ4n) is 3.80. The van der Waals surface area contributed by atoms with E-state index in [1.807, 2.05) is 28.8 Å². The monoisotopic (exact) mass is 339 g/mol. The van der Waals surface area contributed by atoms with Crippen molar-refractivity contribution in [2.24, 2.45) is 12.8 Å². The van der Waals surface area contributed by atoms with Crippen molar-refractivity contribution in [3.8, 4) is 0 Å². The third kappa shape index (κ3) is 3.14. The molecule has 3 N–H and O–H groups in total. The molecule has 2 amide bonds. The third-order valence-electron chi connectivity index (χ3n) is 5.57. The van der Waals surface area contributed by atoms with Crippen LogP contribution in [0.5, 0.6) is 0 Å². The minimum absolute atomic E-state index is 0.0175. The SMILES string of the molecule is Cn1cnc([C@@H]2CN(C(=O)NCC3(c4ccccc4)CC3)C[C@H]2N)c1. The molecule has 1 aromatic heterocycles. The number of nitrogens with two attached hydrogens (primary N) is 1. The fraction of sp³-hybridized carbons (Fsp3) is 0.474. The minimum Gasteiger partial charge on any atom is -0.340 e. The van der Waals surface area contributed by atoms with Crippen LogP contribution in [0.3, 0.4) is 0 Å². The molecule has 0 spiro atoms. The van der Waals surface area contributed by atoms with Crippen molar-refractivity contribution in [2.75, 3.05) is 19.6 Å². The molecule has 1 aliphatic carbocycles. The first-order chi connectivity index (χ1) is 12.1. The standard InChI is InChI=1S/C19H25N5O/c1-23-11-17(22-13-23)15-9-24(10-16(15)20)18(25)21-12-19(7-8-19)14-5-3-2-4-6-14/h2-6,11,13,15-16H,7-10,12,20H2,1H3,(H,21,25)/t15-,16-/m1/s1. The van der Waals surface area contributed by atoms with Gasteiger partial charge in [-0.2, -0.15) is 0 Å². The van der Waals surface area contributed by atoms with Crippen LogP contribution < -0.4 is 11.1 Å². The van der Waals surface area contributed by atoms with E-state index in [9.17, 15) is 4.79 Å². The highest BCUT2D eigenvalue weighted by atomic mass is 16.2. The van der Waals surface area contributed by atoms with Crippen LogP contribution in [-0.2, 0) is 12.5 Å². The molecule has 25 heavy (non-hydrogen) atoms. The number of hydrogen-bond donors (Lipinski definition) is 2. The van der Waals surface area contributed by atoms with Crippen LogP contribution in [0.4, 0.5) is 4.79 Å². The Morgan fingerprint density at radius 2 is 2.08 bits per heavy atom. The van der Waals surface area contributed by atoms with Crippen LogP contribution in [0.25, 0.3) is 0 Å². The Hall–Kier alpha value is -2.34. The lowest BCUT2D eigenvalue weighted by Crippen LogP contribution is -2.42. The van der Waals surface area contributed by atoms with Crippen molar-refractivity contribution >= 4 is 6.03 Å². The zero-order valence-electron chi connectivity index (χ0n) is 14.6. The molecule has 2 aromatic rings. The van der Waals surface area contributed by atoms with Crippen molar-refractivity contribution in [2.45, 2.75) is 30.2 Å². The molecule has 2 aliphatic rings. The van der Waals surface area contributed by atoms with Gasteiger partial charge in [0.25, 0.3) is 0 Å². The van der Waals surface area contributed by atoms with Gasteiger partial charge in [-0.3, -0.25) is 0 Å². The van der Waals surface area contributed by atoms with E-state index in [2.05, 4.69) is 34.6 Å². The first-order valence-corrected chi connectivity index (χ1v) is 8.89. The number of aryl methyl sites for hydroxylation is 1. The molecule has 1 aromatic carbocycles. The van der Waals surface area contributed by atoms with E-state index in [0.717, 1.165) is 18.5 Å². The van der Waals surface area contributed by atoms with Gasteiger partial charge in [0.15, 0.2) is 0 Å². The number of urea groups is 1. The molecule has 1 saturated carbocycles. The van der Waals surface area contributed by atoms with Crippen LogP contribution >= 0.6 is 0 Å². The first-order valence-electron chi connectivity index (χ1n) is 8.89. The zero-order valence-corrected chi connectivity index (χ0v) is 14.6. The fourth-order valence-corrected chi connectivity index (χ4v) is 3.80. The van der Waals surface area contributed by atoms with E-state index >= 15 is 0 Å². The van der Waals surface area contributed by atoms with Crippen molar-refractivity contribution < 1.29 is 4.79 Å². The van der Waals surface area contributed by atoms with Gasteiger partial charge in [0.05, 0.1) is 12.0 Å². The lowest BCUT2D eigenvalue weighted by Gasteiger charge is -2.21. The summed E-state index contributed by atoms with van der Waals surface area (Å²) >= 11 is 0. The molecule has 2 heterocycles. The highest BCUT2D eigenvalue weighted by Gasteiger charge is 2.45. The summed E-state index contributed by atoms with van der Waals surface area (Å²) in [5.41, 5.74) is 8.67. The molecule has 6 heteroatoms. The lowest BCUT2D eigenvalue weighted by molar-refractivity contribution is 0.206. The second kappa shape index (κ2) is 6.19. The lowest BCUT2D eigenvalue weighted by atomic mass is 9.96. The van der Waals surface area contributed by atoms with Gasteiger partial charge in [0.2, 0.25) is 0 Å². The van der Waals surface area contributed by atoms with Crippen molar-refractivity contribution in [1.82, 2.24) is 19.8 Å². The number of carbonyl (C=O) groups is 1. The van der Waals surface area contributed by atoms with Gasteiger partial charge in [0.1, 0.15) is 0 Å². The summed E-state index contributed by atoms with van der Waals surface area (Å²) in [6.07, 6.45) is 6.03. The summed E-state index contributed by atoms with van der Waals surface area (Å²) in [5.74, 6) is 0.107. The summed E-state index contributed by atoms with van der Waals surface area (Å²) in [6, 6.07) is 10.4. The van der Waals surface area contributed by atoms with E-state index in [4.69, 9.17) is 5.73 Å². The quantitative estimate of drug-likeness (QED) is 0.888. The maximum atomic E-state index is 12.6. The molecular formula is C19H25N5O. The van der Waals surface area contributed by atoms with Crippen LogP contribution in [0, 0.1) is 0 Å². The minimum atomic E-state index is -0.0651. The van der Waals surface area contributed by atoms with Crippen LogP contribution in [0.1, 0.15) is 30.0 Å². The Morgan fingerprint density at radius 1 is 1.32 bits per heavy atom. The first kappa shape index (κ1) is 16.1. The highest BCUT2D eigenvalue weighted by Crippen LogP contribution is 2.47. The number of hydrogen-bond acceptors (Lipinski definition) is 3. The Balaban J connectivity index is 1.36. The molecule has 0 bridgehead atoms. The van der Waals surface area contributed by atoms with E-state index in [0.29, 0.717) is 19.6 Å². The highest BCUT2D eigenvalue weighted by molar-refractivity contribution is 5.75. The van der Waals surface area contributed by atoms with Crippen LogP contribution in [-0.4, -0.2) is 46.2 Å². The summed E-state index contributed by atoms with van der Waals surface area (Å²) in [6.45, 7) is 1.89. The van der Waals surface area contributed by atoms with E-state index < -0.39 is 0 Å². The van der Waals surface area contributed by atoms with Gasteiger partial charge < -0.3 is 20.5 Å². The molecule has 1 saturated heterocycles. The summed E-state index contributed by atoms with van der Waals surface area (Å²) < 4.78 is 1.92. The number of nitrogens with one attached hydrogen (secondary N) is 1. The van der Waals surface area contributed by atoms with Crippen molar-refractivity contribution in [1.29, 1.82) is 0 Å². The van der Waals surface area contributed by atoms with Gasteiger partial charge in [-0.1, -0.05) is 30.3 Å². The van der Waals surface area contributed by atoms with Gasteiger partial charge in [-0.15, -0.1) is 0 Å². The Labute approximate surface area is 148 Å². The van der Waals surface area contributed by atoms with Gasteiger partial charge in [0, 0.05) is 50.3 Å². The average Bonchev–Trinajstić information content (AvgIpc) is 3.14. The van der Waals surface area contributed by atoms with Gasteiger partial charge in [-0.25, -0.2) is 9.78 Å². The maximum Gasteiger partial charge on any atom is 0.317 e. The Bertz CT molecular complexity index is 752. The molecule has 1 aliphatic heterocycles. The predicted octanol–water partition coefficient (Wildman–Crippen LogP) is 1.59. The summed E-state index contributed by atoms with van der Waals surface area (Å²) in [7, 11) is 1.94. The topological polar surface area (TPSA) is 76.2 Å². The smallest absolute Gasteiger partial charge is 0.317 e. The Morgan fingerprint density at radius 3 is 2.72 bits per heavy atom. The molecule has 2 fully saturated rings. The summed E-state index contributed by atoms with van der Waals surface area (Å²) in [5, 5.41) is 3.13. The number of amides is 2. The molecular weight excluding hydrogens is 314 g/mol. The number of rotatable bonds is 4. The molecule has 0 radical (unpaired) electrons. The van der Waals surface area contributed by atoms with E-state index in [1.165, 1.54) is 5.56 Å². The average molecular weight is 339 g/mol. The molecule has 132 valence electrons. The van der Waals surface area contributed by atoms with Crippen LogP contribution in [0.15, 0.2) is 42.9 Å². The second-order valence-electron chi connectivity index (χ2n) is 7.44. The zero-order chi connectivity index (χ0) is 17.4. The summed E-state index contributed by atoms with van der Waals surface area (Å²) in [4.78, 5) is 18.8. The van der Waals surface area contributed by atoms with Crippen molar-refractivity contribution in [3.05, 3.63) is 54.1 Å². The Kier molecular flexibility index (Phi) is 4.00. The number of likely N-dealkylation sites (tertiary alicyclic amines) is 1. The third-order valence-corrected chi connectivity index (χ3v) is 5.57. The van der Waals surface area contributed by atoms with Crippen LogP contribution in [0.2, 0.25) is 0 Å². The van der Waals surface area contributed by atoms with Crippen molar-refractivity contribution in [3.63, 3.8) is 0 Å². The molecule has 2 atom stereocenters. The molecule has 6 nitrogen and oxygen atoms in total. The van der Waals surface area contributed by atoms with Gasteiger partial charge >= 0.3 is 6.03 Å². The number of carbonyl (C=O) groups excluding carboxylic acids is 1. The second-order valence-corrected chi connectivity index (χ2v) is 7.44. The normalized spacial score (nSPS) is 24.3.